The quantitative estimate of drug-likeness (QED) is 0.724. The van der Waals surface area contributed by atoms with E-state index in [-0.39, 0.29) is 12.0 Å². The first-order valence-corrected chi connectivity index (χ1v) is 9.98. The van der Waals surface area contributed by atoms with Crippen LogP contribution in [-0.4, -0.2) is 49.9 Å². The number of ether oxygens (including phenoxy) is 3. The van der Waals surface area contributed by atoms with E-state index in [0.29, 0.717) is 30.9 Å². The Kier molecular flexibility index (Phi) is 6.99. The number of piperidine rings is 1. The van der Waals surface area contributed by atoms with E-state index in [4.69, 9.17) is 14.2 Å². The highest BCUT2D eigenvalue weighted by Gasteiger charge is 2.30. The number of carboxylic acid groups (broad SMARTS) is 1. The van der Waals surface area contributed by atoms with E-state index < -0.39 is 5.97 Å². The Balaban J connectivity index is 1.94. The molecule has 1 N–H and O–H groups in total. The van der Waals surface area contributed by atoms with Crippen LogP contribution >= 0.6 is 0 Å². The molecule has 0 bridgehead atoms. The van der Waals surface area contributed by atoms with Gasteiger partial charge >= 0.3 is 5.97 Å². The minimum atomic E-state index is -0.701. The van der Waals surface area contributed by atoms with Crippen molar-refractivity contribution in [1.82, 2.24) is 4.90 Å². The molecule has 2 aromatic carbocycles. The lowest BCUT2D eigenvalue weighted by Gasteiger charge is -2.37. The minimum Gasteiger partial charge on any atom is -0.494 e. The molecule has 1 aliphatic heterocycles. The zero-order valence-corrected chi connectivity index (χ0v) is 17.3. The molecule has 3 rings (SSSR count). The zero-order valence-electron chi connectivity index (χ0n) is 17.3. The van der Waals surface area contributed by atoms with Gasteiger partial charge in [0.1, 0.15) is 5.75 Å². The number of rotatable bonds is 8. The summed E-state index contributed by atoms with van der Waals surface area (Å²) in [6.07, 6.45) is 1.30. The van der Waals surface area contributed by atoms with Gasteiger partial charge in [-0.3, -0.25) is 9.69 Å². The molecule has 0 aromatic heterocycles. The number of carbonyl (C=O) groups is 1. The van der Waals surface area contributed by atoms with E-state index >= 15 is 0 Å². The monoisotopic (exact) mass is 399 g/mol. The van der Waals surface area contributed by atoms with Crippen LogP contribution in [0.4, 0.5) is 0 Å². The van der Waals surface area contributed by atoms with Gasteiger partial charge in [-0.05, 0) is 68.2 Å². The Morgan fingerprint density at radius 2 is 1.66 bits per heavy atom. The molecule has 0 amide bonds. The zero-order chi connectivity index (χ0) is 20.8. The van der Waals surface area contributed by atoms with Crippen LogP contribution in [-0.2, 0) is 4.79 Å². The van der Waals surface area contributed by atoms with Crippen molar-refractivity contribution in [2.24, 2.45) is 5.92 Å². The first-order valence-electron chi connectivity index (χ1n) is 9.98. The summed E-state index contributed by atoms with van der Waals surface area (Å²) in [7, 11) is 3.25. The Morgan fingerprint density at radius 1 is 1.03 bits per heavy atom. The maximum Gasteiger partial charge on any atom is 0.306 e. The number of benzene rings is 2. The predicted octanol–water partition coefficient (Wildman–Crippen LogP) is 3.99. The Morgan fingerprint density at radius 3 is 2.21 bits per heavy atom. The van der Waals surface area contributed by atoms with E-state index in [9.17, 15) is 9.90 Å². The van der Waals surface area contributed by atoms with Gasteiger partial charge in [-0.15, -0.1) is 0 Å². The summed E-state index contributed by atoms with van der Waals surface area (Å²) in [5.41, 5.74) is 2.22. The van der Waals surface area contributed by atoms with Crippen molar-refractivity contribution < 1.29 is 24.1 Å². The van der Waals surface area contributed by atoms with E-state index in [2.05, 4.69) is 17.0 Å². The molecular weight excluding hydrogens is 370 g/mol. The maximum absolute atomic E-state index is 11.4. The van der Waals surface area contributed by atoms with Crippen LogP contribution < -0.4 is 14.2 Å². The molecule has 2 aromatic rings. The van der Waals surface area contributed by atoms with Gasteiger partial charge in [-0.2, -0.15) is 0 Å². The summed E-state index contributed by atoms with van der Waals surface area (Å²) in [5, 5.41) is 9.34. The molecule has 1 fully saturated rings. The highest BCUT2D eigenvalue weighted by atomic mass is 16.5. The number of carboxylic acids is 1. The fraction of sp³-hybridized carbons (Fsp3) is 0.435. The molecule has 1 unspecified atom stereocenters. The van der Waals surface area contributed by atoms with Crippen LogP contribution in [0.2, 0.25) is 0 Å². The second-order valence-electron chi connectivity index (χ2n) is 7.17. The molecule has 1 atom stereocenters. The Bertz CT molecular complexity index is 813. The van der Waals surface area contributed by atoms with Crippen molar-refractivity contribution in [3.63, 3.8) is 0 Å². The van der Waals surface area contributed by atoms with Crippen molar-refractivity contribution in [3.05, 3.63) is 53.6 Å². The van der Waals surface area contributed by atoms with Crippen LogP contribution in [0.5, 0.6) is 17.2 Å². The average Bonchev–Trinajstić information content (AvgIpc) is 2.75. The van der Waals surface area contributed by atoms with Gasteiger partial charge in [-0.1, -0.05) is 18.2 Å². The van der Waals surface area contributed by atoms with Crippen LogP contribution in [0.25, 0.3) is 0 Å². The van der Waals surface area contributed by atoms with Crippen LogP contribution in [0, 0.1) is 5.92 Å². The van der Waals surface area contributed by atoms with E-state index in [0.717, 1.165) is 30.0 Å². The SMILES string of the molecule is CCOc1ccc(C(c2ccc(OC)c(OC)c2)N2CCC(C(=O)O)CC2)cc1. The van der Waals surface area contributed by atoms with Gasteiger partial charge in [0.05, 0.1) is 32.8 Å². The van der Waals surface area contributed by atoms with Gasteiger partial charge in [-0.25, -0.2) is 0 Å². The van der Waals surface area contributed by atoms with Crippen molar-refractivity contribution in [3.8, 4) is 17.2 Å². The van der Waals surface area contributed by atoms with Crippen molar-refractivity contribution >= 4 is 5.97 Å². The molecule has 6 heteroatoms. The smallest absolute Gasteiger partial charge is 0.306 e. The Hall–Kier alpha value is -2.73. The van der Waals surface area contributed by atoms with Crippen molar-refractivity contribution in [2.75, 3.05) is 33.9 Å². The molecule has 0 spiro atoms. The van der Waals surface area contributed by atoms with Crippen LogP contribution in [0.15, 0.2) is 42.5 Å². The summed E-state index contributed by atoms with van der Waals surface area (Å²) in [4.78, 5) is 13.7. The van der Waals surface area contributed by atoms with Crippen LogP contribution in [0.3, 0.4) is 0 Å². The number of hydrogen-bond acceptors (Lipinski definition) is 5. The summed E-state index contributed by atoms with van der Waals surface area (Å²) < 4.78 is 16.5. The lowest BCUT2D eigenvalue weighted by Crippen LogP contribution is -2.39. The largest absolute Gasteiger partial charge is 0.494 e. The second kappa shape index (κ2) is 9.65. The minimum absolute atomic E-state index is 0.000211. The molecule has 1 heterocycles. The molecule has 0 saturated carbocycles. The standard InChI is InChI=1S/C23H29NO5/c1-4-29-19-8-5-16(6-9-19)22(24-13-11-17(12-14-24)23(25)26)18-7-10-20(27-2)21(15-18)28-3/h5-10,15,17,22H,4,11-14H2,1-3H3,(H,25,26). The number of nitrogens with zero attached hydrogens (tertiary/aromatic N) is 1. The lowest BCUT2D eigenvalue weighted by atomic mass is 9.91. The van der Waals surface area contributed by atoms with Gasteiger partial charge < -0.3 is 19.3 Å². The molecule has 0 aliphatic carbocycles. The highest BCUT2D eigenvalue weighted by molar-refractivity contribution is 5.70. The summed E-state index contributed by atoms with van der Waals surface area (Å²) in [6, 6.07) is 14.1. The highest BCUT2D eigenvalue weighted by Crippen LogP contribution is 2.37. The van der Waals surface area contributed by atoms with E-state index in [1.165, 1.54) is 0 Å². The first kappa shape index (κ1) is 21.0. The predicted molar refractivity (Wildman–Crippen MR) is 111 cm³/mol. The third-order valence-electron chi connectivity index (χ3n) is 5.47. The second-order valence-corrected chi connectivity index (χ2v) is 7.17. The summed E-state index contributed by atoms with van der Waals surface area (Å²) in [5.74, 6) is 1.24. The fourth-order valence-corrected chi connectivity index (χ4v) is 3.95. The van der Waals surface area contributed by atoms with Gasteiger partial charge in [0.2, 0.25) is 0 Å². The summed E-state index contributed by atoms with van der Waals surface area (Å²) in [6.45, 7) is 4.04. The topological polar surface area (TPSA) is 68.2 Å². The van der Waals surface area contributed by atoms with Gasteiger partial charge in [0, 0.05) is 0 Å². The third kappa shape index (κ3) is 4.82. The maximum atomic E-state index is 11.4. The molecule has 1 aliphatic rings. The normalized spacial score (nSPS) is 16.2. The molecule has 6 nitrogen and oxygen atoms in total. The molecule has 1 saturated heterocycles. The molecule has 156 valence electrons. The number of hydrogen-bond donors (Lipinski definition) is 1. The fourth-order valence-electron chi connectivity index (χ4n) is 3.95. The van der Waals surface area contributed by atoms with Gasteiger partial charge in [0.15, 0.2) is 11.5 Å². The number of aliphatic carboxylic acids is 1. The van der Waals surface area contributed by atoms with Crippen LogP contribution in [0.1, 0.15) is 36.9 Å². The summed E-state index contributed by atoms with van der Waals surface area (Å²) >= 11 is 0. The lowest BCUT2D eigenvalue weighted by molar-refractivity contribution is -0.143. The molecular formula is C23H29NO5. The third-order valence-corrected chi connectivity index (χ3v) is 5.47. The van der Waals surface area contributed by atoms with Crippen molar-refractivity contribution in [2.45, 2.75) is 25.8 Å². The molecule has 29 heavy (non-hydrogen) atoms. The van der Waals surface area contributed by atoms with E-state index in [1.807, 2.05) is 37.3 Å². The average molecular weight is 399 g/mol. The van der Waals surface area contributed by atoms with Gasteiger partial charge in [0.25, 0.3) is 0 Å². The Labute approximate surface area is 172 Å². The number of likely N-dealkylation sites (tertiary alicyclic amines) is 1. The number of methoxy groups -OCH3 is 2. The van der Waals surface area contributed by atoms with Crippen molar-refractivity contribution in [1.29, 1.82) is 0 Å². The first-order chi connectivity index (χ1) is 14.1. The van der Waals surface area contributed by atoms with E-state index in [1.54, 1.807) is 14.2 Å². The molecule has 0 radical (unpaired) electrons.